The lowest BCUT2D eigenvalue weighted by Gasteiger charge is -2.09. The first-order valence-electron chi connectivity index (χ1n) is 6.08. The highest BCUT2D eigenvalue weighted by atomic mass is 32.1. The first-order valence-corrected chi connectivity index (χ1v) is 6.90. The van der Waals surface area contributed by atoms with Crippen LogP contribution in [0.4, 0.5) is 0 Å². The number of furan rings is 1. The van der Waals surface area contributed by atoms with Crippen molar-refractivity contribution in [2.75, 3.05) is 20.3 Å². The molecule has 0 aliphatic rings. The number of aliphatic hydroxyl groups is 1. The summed E-state index contributed by atoms with van der Waals surface area (Å²) in [6.07, 6.45) is 0.833. The van der Waals surface area contributed by atoms with Crippen LogP contribution in [0, 0.1) is 6.92 Å². The van der Waals surface area contributed by atoms with Crippen LogP contribution in [-0.4, -0.2) is 42.4 Å². The number of thiazole rings is 1. The first kappa shape index (κ1) is 14.7. The minimum Gasteiger partial charge on any atom is -0.462 e. The van der Waals surface area contributed by atoms with Crippen molar-refractivity contribution in [3.05, 3.63) is 29.0 Å². The van der Waals surface area contributed by atoms with Crippen LogP contribution in [0.3, 0.4) is 0 Å². The summed E-state index contributed by atoms with van der Waals surface area (Å²) in [6, 6.07) is 3.56. The molecule has 0 spiro atoms. The van der Waals surface area contributed by atoms with Gasteiger partial charge in [-0.3, -0.25) is 4.79 Å². The second kappa shape index (κ2) is 6.65. The van der Waals surface area contributed by atoms with Gasteiger partial charge < -0.3 is 19.6 Å². The maximum Gasteiger partial charge on any atom is 0.271 e. The number of carbonyl (C=O) groups is 1. The van der Waals surface area contributed by atoms with Gasteiger partial charge in [-0.25, -0.2) is 4.98 Å². The molecule has 1 amide bonds. The Labute approximate surface area is 120 Å². The predicted octanol–water partition coefficient (Wildman–Crippen LogP) is 1.45. The summed E-state index contributed by atoms with van der Waals surface area (Å²) in [5.41, 5.74) is 0.353. The Bertz CT molecular complexity index is 565. The lowest BCUT2D eigenvalue weighted by molar-refractivity contribution is 0.0608. The van der Waals surface area contributed by atoms with E-state index in [4.69, 9.17) is 9.15 Å². The van der Waals surface area contributed by atoms with Crippen molar-refractivity contribution in [1.29, 1.82) is 0 Å². The zero-order valence-corrected chi connectivity index (χ0v) is 12.1. The summed E-state index contributed by atoms with van der Waals surface area (Å²) in [6.45, 7) is 2.12. The van der Waals surface area contributed by atoms with Gasteiger partial charge in [-0.15, -0.1) is 11.3 Å². The monoisotopic (exact) mass is 296 g/mol. The summed E-state index contributed by atoms with van der Waals surface area (Å²) in [4.78, 5) is 17.1. The van der Waals surface area contributed by atoms with Crippen LogP contribution in [0.25, 0.3) is 10.8 Å². The Morgan fingerprint density at radius 1 is 1.65 bits per heavy atom. The summed E-state index contributed by atoms with van der Waals surface area (Å²) < 4.78 is 10.0. The number of hydrogen-bond acceptors (Lipinski definition) is 6. The third kappa shape index (κ3) is 3.44. The van der Waals surface area contributed by atoms with E-state index in [0.29, 0.717) is 16.5 Å². The van der Waals surface area contributed by atoms with Gasteiger partial charge >= 0.3 is 0 Å². The van der Waals surface area contributed by atoms with Gasteiger partial charge in [0.15, 0.2) is 10.8 Å². The Morgan fingerprint density at radius 2 is 2.45 bits per heavy atom. The number of nitrogens with zero attached hydrogens (tertiary/aromatic N) is 1. The van der Waals surface area contributed by atoms with Gasteiger partial charge in [-0.2, -0.15) is 0 Å². The van der Waals surface area contributed by atoms with Crippen LogP contribution in [0.15, 0.2) is 22.8 Å². The molecule has 7 heteroatoms. The van der Waals surface area contributed by atoms with Crippen molar-refractivity contribution in [3.8, 4) is 10.8 Å². The number of aryl methyl sites for hydroxylation is 1. The number of hydrogen-bond donors (Lipinski definition) is 2. The van der Waals surface area contributed by atoms with Crippen LogP contribution in [0.1, 0.15) is 15.4 Å². The van der Waals surface area contributed by atoms with E-state index in [0.717, 1.165) is 4.88 Å². The van der Waals surface area contributed by atoms with Gasteiger partial charge in [0.2, 0.25) is 0 Å². The fourth-order valence-electron chi connectivity index (χ4n) is 1.66. The normalized spacial score (nSPS) is 12.3. The molecule has 2 rings (SSSR count). The highest BCUT2D eigenvalue weighted by Crippen LogP contribution is 2.27. The van der Waals surface area contributed by atoms with E-state index in [1.807, 2.05) is 6.92 Å². The van der Waals surface area contributed by atoms with Crippen LogP contribution in [0.5, 0.6) is 0 Å². The molecule has 2 heterocycles. The smallest absolute Gasteiger partial charge is 0.271 e. The molecule has 0 saturated carbocycles. The molecule has 0 bridgehead atoms. The van der Waals surface area contributed by atoms with E-state index in [1.165, 1.54) is 18.4 Å². The number of ether oxygens (including phenoxy) is 1. The van der Waals surface area contributed by atoms with Gasteiger partial charge in [0, 0.05) is 18.5 Å². The van der Waals surface area contributed by atoms with E-state index < -0.39 is 6.10 Å². The number of aliphatic hydroxyl groups excluding tert-OH is 1. The van der Waals surface area contributed by atoms with Crippen molar-refractivity contribution in [2.24, 2.45) is 0 Å². The average molecular weight is 296 g/mol. The minimum absolute atomic E-state index is 0.125. The second-order valence-corrected chi connectivity index (χ2v) is 5.42. The first-order chi connectivity index (χ1) is 9.61. The molecule has 0 aliphatic carbocycles. The molecule has 1 unspecified atom stereocenters. The predicted molar refractivity (Wildman–Crippen MR) is 74.8 cm³/mol. The SMILES string of the molecule is COCC(O)CNC(=O)c1nc(-c2ccco2)sc1C. The molecule has 0 aliphatic heterocycles. The minimum atomic E-state index is -0.729. The Balaban J connectivity index is 2.03. The summed E-state index contributed by atoms with van der Waals surface area (Å²) >= 11 is 1.39. The van der Waals surface area contributed by atoms with E-state index in [1.54, 1.807) is 18.4 Å². The Morgan fingerprint density at radius 3 is 3.10 bits per heavy atom. The number of methoxy groups -OCH3 is 1. The van der Waals surface area contributed by atoms with E-state index in [2.05, 4.69) is 10.3 Å². The molecular formula is C13H16N2O4S. The topological polar surface area (TPSA) is 84.6 Å². The lowest BCUT2D eigenvalue weighted by Crippen LogP contribution is -2.34. The molecule has 2 N–H and O–H groups in total. The fourth-order valence-corrected chi connectivity index (χ4v) is 2.54. The average Bonchev–Trinajstić information content (AvgIpc) is 3.05. The molecule has 0 radical (unpaired) electrons. The van der Waals surface area contributed by atoms with Gasteiger partial charge in [-0.05, 0) is 19.1 Å². The molecule has 0 saturated heterocycles. The number of nitrogens with one attached hydrogen (secondary N) is 1. The summed E-state index contributed by atoms with van der Waals surface area (Å²) in [7, 11) is 1.49. The van der Waals surface area contributed by atoms with Crippen LogP contribution in [-0.2, 0) is 4.74 Å². The molecule has 6 nitrogen and oxygen atoms in total. The van der Waals surface area contributed by atoms with Crippen molar-refractivity contribution in [1.82, 2.24) is 10.3 Å². The Hall–Kier alpha value is -1.70. The number of rotatable bonds is 6. The van der Waals surface area contributed by atoms with E-state index >= 15 is 0 Å². The maximum absolute atomic E-state index is 12.0. The van der Waals surface area contributed by atoms with Crippen molar-refractivity contribution < 1.29 is 19.1 Å². The lowest BCUT2D eigenvalue weighted by atomic mass is 10.3. The molecular weight excluding hydrogens is 280 g/mol. The summed E-state index contributed by atoms with van der Waals surface area (Å²) in [5, 5.41) is 12.8. The number of aromatic nitrogens is 1. The van der Waals surface area contributed by atoms with Crippen molar-refractivity contribution in [2.45, 2.75) is 13.0 Å². The maximum atomic E-state index is 12.0. The van der Waals surface area contributed by atoms with Gasteiger partial charge in [0.1, 0.15) is 5.69 Å². The molecule has 2 aromatic heterocycles. The largest absolute Gasteiger partial charge is 0.462 e. The highest BCUT2D eigenvalue weighted by molar-refractivity contribution is 7.15. The third-order valence-corrected chi connectivity index (χ3v) is 3.59. The summed E-state index contributed by atoms with van der Waals surface area (Å²) in [5.74, 6) is 0.322. The zero-order valence-electron chi connectivity index (χ0n) is 11.3. The zero-order chi connectivity index (χ0) is 14.5. The number of carbonyl (C=O) groups excluding carboxylic acids is 1. The van der Waals surface area contributed by atoms with E-state index in [-0.39, 0.29) is 19.1 Å². The van der Waals surface area contributed by atoms with E-state index in [9.17, 15) is 9.90 Å². The van der Waals surface area contributed by atoms with Crippen LogP contribution < -0.4 is 5.32 Å². The molecule has 0 fully saturated rings. The molecule has 108 valence electrons. The molecule has 0 aromatic carbocycles. The van der Waals surface area contributed by atoms with Gasteiger partial charge in [-0.1, -0.05) is 0 Å². The standard InChI is InChI=1S/C13H16N2O4S/c1-8-11(12(17)14-6-9(16)7-18-2)15-13(20-8)10-4-3-5-19-10/h3-5,9,16H,6-7H2,1-2H3,(H,14,17). The van der Waals surface area contributed by atoms with Crippen molar-refractivity contribution in [3.63, 3.8) is 0 Å². The third-order valence-electron chi connectivity index (χ3n) is 2.60. The second-order valence-electron chi connectivity index (χ2n) is 4.22. The van der Waals surface area contributed by atoms with Crippen LogP contribution in [0.2, 0.25) is 0 Å². The van der Waals surface area contributed by atoms with Gasteiger partial charge in [0.05, 0.1) is 19.0 Å². The quantitative estimate of drug-likeness (QED) is 0.843. The fraction of sp³-hybridized carbons (Fsp3) is 0.385. The van der Waals surface area contributed by atoms with Gasteiger partial charge in [0.25, 0.3) is 5.91 Å². The van der Waals surface area contributed by atoms with Crippen LogP contribution >= 0.6 is 11.3 Å². The molecule has 2 aromatic rings. The number of amides is 1. The molecule has 1 atom stereocenters. The van der Waals surface area contributed by atoms with Crippen molar-refractivity contribution >= 4 is 17.2 Å². The Kier molecular flexibility index (Phi) is 4.89. The molecule has 20 heavy (non-hydrogen) atoms. The highest BCUT2D eigenvalue weighted by Gasteiger charge is 2.18.